The molecule has 8 heteroatoms. The molecule has 0 bridgehead atoms. The average Bonchev–Trinajstić information content (AvgIpc) is 2.84. The summed E-state index contributed by atoms with van der Waals surface area (Å²) in [5.74, 6) is 0.636. The molecule has 0 heterocycles. The molecule has 35 heavy (non-hydrogen) atoms. The molecule has 0 aliphatic carbocycles. The first-order valence-electron chi connectivity index (χ1n) is 11.4. The molecule has 0 spiro atoms. The van der Waals surface area contributed by atoms with Crippen LogP contribution >= 0.6 is 0 Å². The van der Waals surface area contributed by atoms with Crippen LogP contribution in [-0.2, 0) is 23.0 Å². The first-order valence-corrected chi connectivity index (χ1v) is 12.9. The summed E-state index contributed by atoms with van der Waals surface area (Å²) >= 11 is 0. The van der Waals surface area contributed by atoms with E-state index >= 15 is 0 Å². The molecule has 0 unspecified atom stereocenters. The number of nitrogens with zero attached hydrogens (tertiary/aromatic N) is 1. The summed E-state index contributed by atoms with van der Waals surface area (Å²) in [5.41, 5.74) is 2.16. The minimum atomic E-state index is -3.90. The van der Waals surface area contributed by atoms with Crippen molar-refractivity contribution in [3.63, 3.8) is 0 Å². The third-order valence-corrected chi connectivity index (χ3v) is 7.18. The van der Waals surface area contributed by atoms with E-state index in [1.54, 1.807) is 6.07 Å². The molecule has 3 rings (SSSR count). The molecule has 7 nitrogen and oxygen atoms in total. The maximum absolute atomic E-state index is 13.3. The van der Waals surface area contributed by atoms with Gasteiger partial charge in [-0.15, -0.1) is 0 Å². The maximum atomic E-state index is 13.3. The van der Waals surface area contributed by atoms with E-state index in [1.807, 2.05) is 68.4 Å². The normalized spacial score (nSPS) is 11.5. The quantitative estimate of drug-likeness (QED) is 0.428. The van der Waals surface area contributed by atoms with E-state index in [0.717, 1.165) is 16.9 Å². The summed E-state index contributed by atoms with van der Waals surface area (Å²) in [7, 11) is -0.984. The Bertz CT molecular complexity index is 1230. The van der Waals surface area contributed by atoms with Crippen molar-refractivity contribution < 1.29 is 22.7 Å². The van der Waals surface area contributed by atoms with Gasteiger partial charge in [0.15, 0.2) is 0 Å². The van der Waals surface area contributed by atoms with Crippen molar-refractivity contribution in [3.8, 4) is 11.5 Å². The number of benzene rings is 3. The van der Waals surface area contributed by atoms with Crippen LogP contribution in [0.5, 0.6) is 11.5 Å². The highest BCUT2D eigenvalue weighted by molar-refractivity contribution is 7.89. The number of amides is 1. The molecule has 3 aromatic carbocycles. The van der Waals surface area contributed by atoms with Gasteiger partial charge in [0.05, 0.1) is 13.2 Å². The van der Waals surface area contributed by atoms with E-state index in [9.17, 15) is 13.2 Å². The molecule has 0 aromatic heterocycles. The second-order valence-electron chi connectivity index (χ2n) is 8.43. The average molecular weight is 497 g/mol. The van der Waals surface area contributed by atoms with Gasteiger partial charge >= 0.3 is 0 Å². The lowest BCUT2D eigenvalue weighted by molar-refractivity contribution is 0.0954. The van der Waals surface area contributed by atoms with Crippen molar-refractivity contribution >= 4 is 15.9 Å². The van der Waals surface area contributed by atoms with E-state index in [2.05, 4.69) is 5.32 Å². The Morgan fingerprint density at radius 3 is 2.29 bits per heavy atom. The largest absolute Gasteiger partial charge is 0.495 e. The van der Waals surface area contributed by atoms with E-state index in [1.165, 1.54) is 30.6 Å². The molecule has 3 aromatic rings. The van der Waals surface area contributed by atoms with Crippen LogP contribution < -0.4 is 14.8 Å². The van der Waals surface area contributed by atoms with Crippen LogP contribution in [0.3, 0.4) is 0 Å². The lowest BCUT2D eigenvalue weighted by atomic mass is 10.1. The molecule has 1 N–H and O–H groups in total. The van der Waals surface area contributed by atoms with Crippen LogP contribution in [0.2, 0.25) is 0 Å². The number of rotatable bonds is 11. The molecule has 0 fully saturated rings. The number of hydrogen-bond donors (Lipinski definition) is 1. The van der Waals surface area contributed by atoms with Crippen LogP contribution in [-0.4, -0.2) is 45.4 Å². The van der Waals surface area contributed by atoms with Gasteiger partial charge in [0, 0.05) is 25.7 Å². The van der Waals surface area contributed by atoms with Crippen molar-refractivity contribution in [2.45, 2.75) is 37.8 Å². The highest BCUT2D eigenvalue weighted by Crippen LogP contribution is 2.28. The molecule has 0 saturated carbocycles. The summed E-state index contributed by atoms with van der Waals surface area (Å²) in [6.07, 6.45) is 0.742. The Balaban J connectivity index is 1.68. The van der Waals surface area contributed by atoms with E-state index in [0.29, 0.717) is 13.0 Å². The highest BCUT2D eigenvalue weighted by Gasteiger charge is 2.26. The van der Waals surface area contributed by atoms with Crippen LogP contribution in [0.4, 0.5) is 0 Å². The van der Waals surface area contributed by atoms with Crippen molar-refractivity contribution in [1.82, 2.24) is 9.62 Å². The summed E-state index contributed by atoms with van der Waals surface area (Å²) in [4.78, 5) is 12.7. The first-order chi connectivity index (χ1) is 16.7. The SMILES string of the molecule is COc1ccc(C(=O)NCCc2ccc(OC(C)C)cc2)cc1S(=O)(=O)N(C)Cc1ccccc1. The van der Waals surface area contributed by atoms with E-state index < -0.39 is 10.0 Å². The molecule has 0 aliphatic heterocycles. The lowest BCUT2D eigenvalue weighted by Gasteiger charge is -2.19. The monoisotopic (exact) mass is 496 g/mol. The van der Waals surface area contributed by atoms with Crippen molar-refractivity contribution in [2.75, 3.05) is 20.7 Å². The number of methoxy groups -OCH3 is 1. The van der Waals surface area contributed by atoms with Crippen molar-refractivity contribution in [1.29, 1.82) is 0 Å². The number of carbonyl (C=O) groups is 1. The first kappa shape index (κ1) is 26.2. The van der Waals surface area contributed by atoms with Crippen LogP contribution in [0.1, 0.15) is 35.3 Å². The smallest absolute Gasteiger partial charge is 0.251 e. The highest BCUT2D eigenvalue weighted by atomic mass is 32.2. The van der Waals surface area contributed by atoms with E-state index in [4.69, 9.17) is 9.47 Å². The van der Waals surface area contributed by atoms with Crippen molar-refractivity contribution in [3.05, 3.63) is 89.5 Å². The summed E-state index contributed by atoms with van der Waals surface area (Å²) in [6, 6.07) is 21.5. The second kappa shape index (κ2) is 11.9. The summed E-state index contributed by atoms with van der Waals surface area (Å²) in [6.45, 7) is 4.55. The van der Waals surface area contributed by atoms with Crippen LogP contribution in [0, 0.1) is 0 Å². The fraction of sp³-hybridized carbons (Fsp3) is 0.296. The summed E-state index contributed by atoms with van der Waals surface area (Å²) in [5, 5.41) is 2.86. The minimum Gasteiger partial charge on any atom is -0.495 e. The molecule has 0 atom stereocenters. The zero-order chi connectivity index (χ0) is 25.4. The van der Waals surface area contributed by atoms with Gasteiger partial charge in [-0.05, 0) is 61.7 Å². The molecule has 1 amide bonds. The Morgan fingerprint density at radius 1 is 0.971 bits per heavy atom. The van der Waals surface area contributed by atoms with Crippen LogP contribution in [0.15, 0.2) is 77.7 Å². The molecular formula is C27H32N2O5S. The number of hydrogen-bond acceptors (Lipinski definition) is 5. The van der Waals surface area contributed by atoms with Crippen LogP contribution in [0.25, 0.3) is 0 Å². The van der Waals surface area contributed by atoms with Crippen molar-refractivity contribution in [2.24, 2.45) is 0 Å². The predicted octanol–water partition coefficient (Wildman–Crippen LogP) is 4.28. The Morgan fingerprint density at radius 2 is 1.66 bits per heavy atom. The number of sulfonamides is 1. The predicted molar refractivity (Wildman–Crippen MR) is 136 cm³/mol. The zero-order valence-corrected chi connectivity index (χ0v) is 21.3. The fourth-order valence-electron chi connectivity index (χ4n) is 3.54. The number of nitrogens with one attached hydrogen (secondary N) is 1. The standard InChI is InChI=1S/C27H32N2O5S/c1-20(2)34-24-13-10-21(11-14-24)16-17-28-27(30)23-12-15-25(33-4)26(18-23)35(31,32)29(3)19-22-8-6-5-7-9-22/h5-15,18,20H,16-17,19H2,1-4H3,(H,28,30). The molecule has 0 aliphatic rings. The van der Waals surface area contributed by atoms with E-state index in [-0.39, 0.29) is 34.8 Å². The second-order valence-corrected chi connectivity index (χ2v) is 10.4. The third kappa shape index (κ3) is 7.07. The fourth-order valence-corrected chi connectivity index (χ4v) is 4.88. The zero-order valence-electron chi connectivity index (χ0n) is 20.5. The van der Waals surface area contributed by atoms with Gasteiger partial charge in [0.25, 0.3) is 5.91 Å². The maximum Gasteiger partial charge on any atom is 0.251 e. The molecule has 186 valence electrons. The topological polar surface area (TPSA) is 84.9 Å². The summed E-state index contributed by atoms with van der Waals surface area (Å²) < 4.78 is 38.8. The number of ether oxygens (including phenoxy) is 2. The van der Waals surface area contributed by atoms with Gasteiger partial charge in [-0.25, -0.2) is 8.42 Å². The van der Waals surface area contributed by atoms with Gasteiger partial charge in [-0.2, -0.15) is 4.31 Å². The third-order valence-electron chi connectivity index (χ3n) is 5.36. The van der Waals surface area contributed by atoms with Gasteiger partial charge in [0.1, 0.15) is 16.4 Å². The van der Waals surface area contributed by atoms with Gasteiger partial charge in [-0.1, -0.05) is 42.5 Å². The Labute approximate surface area is 207 Å². The Kier molecular flexibility index (Phi) is 8.89. The van der Waals surface area contributed by atoms with Gasteiger partial charge < -0.3 is 14.8 Å². The minimum absolute atomic E-state index is 0.0492. The van der Waals surface area contributed by atoms with Gasteiger partial charge in [-0.3, -0.25) is 4.79 Å². The lowest BCUT2D eigenvalue weighted by Crippen LogP contribution is -2.28. The molecule has 0 saturated heterocycles. The Hall–Kier alpha value is -3.36. The van der Waals surface area contributed by atoms with Gasteiger partial charge in [0.2, 0.25) is 10.0 Å². The molecule has 0 radical (unpaired) electrons. The number of carbonyl (C=O) groups excluding carboxylic acids is 1. The molecular weight excluding hydrogens is 464 g/mol.